The van der Waals surface area contributed by atoms with Gasteiger partial charge in [-0.25, -0.2) is 0 Å². The Hall–Kier alpha value is -1.13. The van der Waals surface area contributed by atoms with Crippen molar-refractivity contribution < 1.29 is 4.92 Å². The Morgan fingerprint density at radius 3 is 2.71 bits per heavy atom. The van der Waals surface area contributed by atoms with Gasteiger partial charge in [-0.05, 0) is 18.5 Å². The first kappa shape index (κ1) is 10.9. The third-order valence-corrected chi connectivity index (χ3v) is 2.31. The van der Waals surface area contributed by atoms with Crippen LogP contribution in [0.5, 0.6) is 0 Å². The standard InChI is InChI=1S/C9H10N2O2.ClH/c12-11(13)8-3-1-2-7(6-8)9-4-5-10-9;/h1-3,6,9-10H,4-5H2;1H/t9-;/m1./s1. The predicted octanol–water partition coefficient (Wildman–Crippen LogP) is 2.05. The third-order valence-electron chi connectivity index (χ3n) is 2.31. The average molecular weight is 215 g/mol. The number of nitrogens with zero attached hydrogens (tertiary/aromatic N) is 1. The molecule has 14 heavy (non-hydrogen) atoms. The lowest BCUT2D eigenvalue weighted by molar-refractivity contribution is -0.384. The molecule has 1 atom stereocenters. The highest BCUT2D eigenvalue weighted by Gasteiger charge is 2.19. The van der Waals surface area contributed by atoms with Crippen LogP contribution in [-0.2, 0) is 0 Å². The first-order chi connectivity index (χ1) is 6.27. The number of halogens is 1. The van der Waals surface area contributed by atoms with Gasteiger partial charge in [0.15, 0.2) is 0 Å². The van der Waals surface area contributed by atoms with E-state index in [9.17, 15) is 10.1 Å². The van der Waals surface area contributed by atoms with Crippen LogP contribution in [0.25, 0.3) is 0 Å². The van der Waals surface area contributed by atoms with E-state index in [2.05, 4.69) is 5.32 Å². The number of nitrogens with one attached hydrogen (secondary N) is 1. The van der Waals surface area contributed by atoms with Gasteiger partial charge in [0.2, 0.25) is 0 Å². The summed E-state index contributed by atoms with van der Waals surface area (Å²) in [5, 5.41) is 13.7. The predicted molar refractivity (Wildman–Crippen MR) is 55.7 cm³/mol. The van der Waals surface area contributed by atoms with Crippen LogP contribution < -0.4 is 5.32 Å². The van der Waals surface area contributed by atoms with Crippen molar-refractivity contribution in [2.45, 2.75) is 12.5 Å². The largest absolute Gasteiger partial charge is 0.310 e. The van der Waals surface area contributed by atoms with Gasteiger partial charge >= 0.3 is 0 Å². The molecule has 0 aliphatic carbocycles. The van der Waals surface area contributed by atoms with Crippen molar-refractivity contribution in [3.8, 4) is 0 Å². The molecule has 0 saturated carbocycles. The molecule has 0 unspecified atom stereocenters. The maximum atomic E-state index is 10.5. The second-order valence-electron chi connectivity index (χ2n) is 3.15. The van der Waals surface area contributed by atoms with Gasteiger partial charge in [-0.1, -0.05) is 12.1 Å². The van der Waals surface area contributed by atoms with Gasteiger partial charge in [0.1, 0.15) is 0 Å². The van der Waals surface area contributed by atoms with E-state index in [0.29, 0.717) is 6.04 Å². The molecule has 1 fully saturated rings. The van der Waals surface area contributed by atoms with Crippen molar-refractivity contribution in [1.82, 2.24) is 5.32 Å². The van der Waals surface area contributed by atoms with Gasteiger partial charge in [0.05, 0.1) is 4.92 Å². The number of nitro benzene ring substituents is 1. The van der Waals surface area contributed by atoms with E-state index in [1.165, 1.54) is 6.07 Å². The van der Waals surface area contributed by atoms with Crippen molar-refractivity contribution in [1.29, 1.82) is 0 Å². The summed E-state index contributed by atoms with van der Waals surface area (Å²) in [5.41, 5.74) is 1.19. The maximum Gasteiger partial charge on any atom is 0.269 e. The molecule has 5 heteroatoms. The van der Waals surface area contributed by atoms with E-state index in [-0.39, 0.29) is 23.0 Å². The van der Waals surface area contributed by atoms with E-state index in [4.69, 9.17) is 0 Å². The Balaban J connectivity index is 0.000000980. The highest BCUT2D eigenvalue weighted by molar-refractivity contribution is 5.85. The van der Waals surface area contributed by atoms with Crippen molar-refractivity contribution in [3.05, 3.63) is 39.9 Å². The summed E-state index contributed by atoms with van der Waals surface area (Å²) in [6.07, 6.45) is 1.07. The first-order valence-electron chi connectivity index (χ1n) is 4.25. The van der Waals surface area contributed by atoms with E-state index in [0.717, 1.165) is 18.5 Å². The fourth-order valence-corrected chi connectivity index (χ4v) is 1.43. The maximum absolute atomic E-state index is 10.5. The summed E-state index contributed by atoms with van der Waals surface area (Å²) < 4.78 is 0. The van der Waals surface area contributed by atoms with Gasteiger partial charge in [-0.2, -0.15) is 0 Å². The van der Waals surface area contributed by atoms with E-state index >= 15 is 0 Å². The number of benzene rings is 1. The molecule has 1 saturated heterocycles. The molecule has 1 aliphatic rings. The van der Waals surface area contributed by atoms with Gasteiger partial charge < -0.3 is 5.32 Å². The molecule has 1 aliphatic heterocycles. The molecule has 1 N–H and O–H groups in total. The summed E-state index contributed by atoms with van der Waals surface area (Å²) in [6.45, 7) is 1.01. The monoisotopic (exact) mass is 214 g/mol. The Kier molecular flexibility index (Phi) is 3.43. The number of hydrogen-bond donors (Lipinski definition) is 1. The zero-order chi connectivity index (χ0) is 9.26. The van der Waals surface area contributed by atoms with Crippen LogP contribution in [0.3, 0.4) is 0 Å². The first-order valence-corrected chi connectivity index (χ1v) is 4.25. The lowest BCUT2D eigenvalue weighted by atomic mass is 9.98. The number of non-ortho nitro benzene ring substituents is 1. The Morgan fingerprint density at radius 2 is 2.21 bits per heavy atom. The molecule has 2 rings (SSSR count). The summed E-state index contributed by atoms with van der Waals surface area (Å²) in [7, 11) is 0. The van der Waals surface area contributed by atoms with Crippen molar-refractivity contribution >= 4 is 18.1 Å². The van der Waals surface area contributed by atoms with E-state index in [1.807, 2.05) is 6.07 Å². The summed E-state index contributed by atoms with van der Waals surface area (Å²) >= 11 is 0. The van der Waals surface area contributed by atoms with Crippen LogP contribution in [-0.4, -0.2) is 11.5 Å². The minimum Gasteiger partial charge on any atom is -0.310 e. The highest BCUT2D eigenvalue weighted by atomic mass is 35.5. The topological polar surface area (TPSA) is 55.2 Å². The summed E-state index contributed by atoms with van der Waals surface area (Å²) in [4.78, 5) is 10.1. The Morgan fingerprint density at radius 1 is 1.50 bits per heavy atom. The van der Waals surface area contributed by atoms with Crippen LogP contribution >= 0.6 is 12.4 Å². The molecule has 1 aromatic rings. The molecular formula is C9H11ClN2O2. The quantitative estimate of drug-likeness (QED) is 0.606. The zero-order valence-electron chi connectivity index (χ0n) is 7.47. The summed E-state index contributed by atoms with van der Waals surface area (Å²) in [6, 6.07) is 7.12. The van der Waals surface area contributed by atoms with Crippen molar-refractivity contribution in [2.75, 3.05) is 6.54 Å². The zero-order valence-corrected chi connectivity index (χ0v) is 8.29. The molecule has 76 valence electrons. The lowest BCUT2D eigenvalue weighted by Gasteiger charge is -2.27. The summed E-state index contributed by atoms with van der Waals surface area (Å²) in [5.74, 6) is 0. The van der Waals surface area contributed by atoms with Crippen LogP contribution in [0.4, 0.5) is 5.69 Å². The molecule has 1 heterocycles. The van der Waals surface area contributed by atoms with Crippen molar-refractivity contribution in [2.24, 2.45) is 0 Å². The molecule has 0 amide bonds. The smallest absolute Gasteiger partial charge is 0.269 e. The lowest BCUT2D eigenvalue weighted by Crippen LogP contribution is -2.34. The SMILES string of the molecule is Cl.O=[N+]([O-])c1cccc([C@H]2CCN2)c1. The van der Waals surface area contributed by atoms with Gasteiger partial charge in [-0.15, -0.1) is 12.4 Å². The molecule has 0 spiro atoms. The molecule has 1 aromatic carbocycles. The van der Waals surface area contributed by atoms with Crippen molar-refractivity contribution in [3.63, 3.8) is 0 Å². The fraction of sp³-hybridized carbons (Fsp3) is 0.333. The number of hydrogen-bond acceptors (Lipinski definition) is 3. The molecule has 4 nitrogen and oxygen atoms in total. The molecule has 0 aromatic heterocycles. The second-order valence-corrected chi connectivity index (χ2v) is 3.15. The fourth-order valence-electron chi connectivity index (χ4n) is 1.43. The molecule has 0 radical (unpaired) electrons. The Bertz CT molecular complexity index is 339. The Labute approximate surface area is 87.9 Å². The minimum absolute atomic E-state index is 0. The van der Waals surface area contributed by atoms with E-state index in [1.54, 1.807) is 12.1 Å². The number of rotatable bonds is 2. The highest BCUT2D eigenvalue weighted by Crippen LogP contribution is 2.25. The third kappa shape index (κ3) is 2.02. The minimum atomic E-state index is -0.359. The number of nitro groups is 1. The van der Waals surface area contributed by atoms with Gasteiger partial charge in [-0.3, -0.25) is 10.1 Å². The average Bonchev–Trinajstić information content (AvgIpc) is 2.01. The second kappa shape index (κ2) is 4.39. The van der Waals surface area contributed by atoms with Crippen LogP contribution in [0.2, 0.25) is 0 Å². The molecular weight excluding hydrogens is 204 g/mol. The van der Waals surface area contributed by atoms with Crippen LogP contribution in [0, 0.1) is 10.1 Å². The normalized spacial score (nSPS) is 19.3. The van der Waals surface area contributed by atoms with Crippen LogP contribution in [0.15, 0.2) is 24.3 Å². The van der Waals surface area contributed by atoms with Gasteiger partial charge in [0, 0.05) is 18.2 Å². The van der Waals surface area contributed by atoms with E-state index < -0.39 is 0 Å². The van der Waals surface area contributed by atoms with Gasteiger partial charge in [0.25, 0.3) is 5.69 Å². The molecule has 0 bridgehead atoms. The van der Waals surface area contributed by atoms with Crippen LogP contribution in [0.1, 0.15) is 18.0 Å².